The molecule has 0 atom stereocenters. The number of hydrogen-bond acceptors (Lipinski definition) is 3. The largest absolute Gasteiger partial charge is 0.508 e. The minimum atomic E-state index is 0.230. The summed E-state index contributed by atoms with van der Waals surface area (Å²) < 4.78 is 7.69. The Hall–Kier alpha value is -1.97. The van der Waals surface area contributed by atoms with Crippen LogP contribution in [0.15, 0.2) is 24.3 Å². The average Bonchev–Trinajstić information content (AvgIpc) is 2.77. The molecule has 1 N–H and O–H groups in total. The van der Waals surface area contributed by atoms with Crippen LogP contribution in [0.2, 0.25) is 0 Å². The predicted molar refractivity (Wildman–Crippen MR) is 74.5 cm³/mol. The van der Waals surface area contributed by atoms with Crippen molar-refractivity contribution < 1.29 is 9.84 Å². The zero-order valence-corrected chi connectivity index (χ0v) is 11.7. The Morgan fingerprint density at radius 1 is 1.21 bits per heavy atom. The van der Waals surface area contributed by atoms with Gasteiger partial charge >= 0.3 is 0 Å². The Balaban J connectivity index is 2.11. The van der Waals surface area contributed by atoms with Gasteiger partial charge < -0.3 is 9.84 Å². The fraction of sp³-hybridized carbons (Fsp3) is 0.400. The van der Waals surface area contributed by atoms with Crippen LogP contribution in [0.3, 0.4) is 0 Å². The molecule has 0 aliphatic carbocycles. The van der Waals surface area contributed by atoms with E-state index in [0.29, 0.717) is 12.4 Å². The van der Waals surface area contributed by atoms with E-state index in [1.165, 1.54) is 0 Å². The van der Waals surface area contributed by atoms with E-state index >= 15 is 0 Å². The van der Waals surface area contributed by atoms with E-state index < -0.39 is 0 Å². The summed E-state index contributed by atoms with van der Waals surface area (Å²) in [6, 6.07) is 7.31. The number of aromatic nitrogens is 2. The van der Waals surface area contributed by atoms with Crippen LogP contribution in [0.1, 0.15) is 30.8 Å². The van der Waals surface area contributed by atoms with Crippen molar-refractivity contribution in [3.8, 4) is 11.5 Å². The van der Waals surface area contributed by atoms with Gasteiger partial charge in [-0.05, 0) is 44.0 Å². The molecule has 0 fully saturated rings. The molecule has 0 radical (unpaired) electrons. The molecule has 0 bridgehead atoms. The van der Waals surface area contributed by atoms with E-state index in [0.717, 1.165) is 29.9 Å². The maximum Gasteiger partial charge on any atom is 0.130 e. The molecule has 19 heavy (non-hydrogen) atoms. The lowest BCUT2D eigenvalue weighted by Crippen LogP contribution is -2.06. The van der Waals surface area contributed by atoms with E-state index in [9.17, 15) is 5.11 Å². The molecule has 2 aromatic rings. The van der Waals surface area contributed by atoms with E-state index in [2.05, 4.69) is 25.0 Å². The van der Waals surface area contributed by atoms with E-state index in [1.807, 2.05) is 17.7 Å². The topological polar surface area (TPSA) is 47.3 Å². The second-order valence-electron chi connectivity index (χ2n) is 4.59. The first-order valence-corrected chi connectivity index (χ1v) is 6.61. The van der Waals surface area contributed by atoms with Crippen LogP contribution in [0.4, 0.5) is 0 Å². The summed E-state index contributed by atoms with van der Waals surface area (Å²) >= 11 is 0. The fourth-order valence-electron chi connectivity index (χ4n) is 2.05. The molecule has 0 saturated heterocycles. The highest BCUT2D eigenvalue weighted by Crippen LogP contribution is 2.22. The van der Waals surface area contributed by atoms with E-state index in [1.54, 1.807) is 12.1 Å². The van der Waals surface area contributed by atoms with Gasteiger partial charge in [-0.3, -0.25) is 4.68 Å². The minimum Gasteiger partial charge on any atom is -0.508 e. The second-order valence-corrected chi connectivity index (χ2v) is 4.59. The Morgan fingerprint density at radius 2 is 2.00 bits per heavy atom. The third-order valence-electron chi connectivity index (χ3n) is 3.00. The van der Waals surface area contributed by atoms with Gasteiger partial charge in [0.1, 0.15) is 18.1 Å². The molecule has 0 amide bonds. The summed E-state index contributed by atoms with van der Waals surface area (Å²) in [4.78, 5) is 0. The summed E-state index contributed by atoms with van der Waals surface area (Å²) in [6.07, 6.45) is 0.922. The van der Waals surface area contributed by atoms with Crippen LogP contribution in [-0.4, -0.2) is 14.9 Å². The SMILES string of the molecule is CCc1cc(COc2cc(C)cc(O)c2)n(CC)n1. The van der Waals surface area contributed by atoms with Crippen molar-refractivity contribution in [2.45, 2.75) is 40.3 Å². The average molecular weight is 260 g/mol. The normalized spacial score (nSPS) is 10.7. The summed E-state index contributed by atoms with van der Waals surface area (Å²) in [5, 5.41) is 14.0. The number of rotatable bonds is 5. The van der Waals surface area contributed by atoms with Gasteiger partial charge in [-0.2, -0.15) is 5.10 Å². The predicted octanol–water partition coefficient (Wildman–Crippen LogP) is 3.06. The zero-order valence-electron chi connectivity index (χ0n) is 11.7. The minimum absolute atomic E-state index is 0.230. The number of phenols is 1. The highest BCUT2D eigenvalue weighted by atomic mass is 16.5. The molecule has 1 aromatic carbocycles. The van der Waals surface area contributed by atoms with Gasteiger partial charge in [0.15, 0.2) is 0 Å². The Labute approximate surface area is 113 Å². The molecule has 0 aliphatic heterocycles. The molecule has 4 heteroatoms. The van der Waals surface area contributed by atoms with Crippen molar-refractivity contribution in [2.75, 3.05) is 0 Å². The third-order valence-corrected chi connectivity index (χ3v) is 3.00. The molecular weight excluding hydrogens is 240 g/mol. The number of benzene rings is 1. The lowest BCUT2D eigenvalue weighted by atomic mass is 10.2. The fourth-order valence-corrected chi connectivity index (χ4v) is 2.05. The molecule has 1 aromatic heterocycles. The number of nitrogens with zero attached hydrogens (tertiary/aromatic N) is 2. The number of aromatic hydroxyl groups is 1. The van der Waals surface area contributed by atoms with Gasteiger partial charge in [-0.15, -0.1) is 0 Å². The van der Waals surface area contributed by atoms with Gasteiger partial charge in [0.2, 0.25) is 0 Å². The van der Waals surface area contributed by atoms with Crippen LogP contribution in [-0.2, 0) is 19.6 Å². The van der Waals surface area contributed by atoms with Gasteiger partial charge in [0, 0.05) is 12.6 Å². The highest BCUT2D eigenvalue weighted by molar-refractivity contribution is 5.36. The molecule has 4 nitrogen and oxygen atoms in total. The number of aryl methyl sites for hydroxylation is 3. The first-order chi connectivity index (χ1) is 9.12. The quantitative estimate of drug-likeness (QED) is 0.898. The van der Waals surface area contributed by atoms with E-state index in [-0.39, 0.29) is 5.75 Å². The molecular formula is C15H20N2O2. The van der Waals surface area contributed by atoms with Gasteiger partial charge in [0.25, 0.3) is 0 Å². The Morgan fingerprint density at radius 3 is 2.63 bits per heavy atom. The standard InChI is InChI=1S/C15H20N2O2/c1-4-12-8-13(17(5-2)16-12)10-19-15-7-11(3)6-14(18)9-15/h6-9,18H,4-5,10H2,1-3H3. The van der Waals surface area contributed by atoms with Crippen LogP contribution >= 0.6 is 0 Å². The molecule has 0 saturated carbocycles. The lowest BCUT2D eigenvalue weighted by Gasteiger charge is -2.08. The van der Waals surface area contributed by atoms with Crippen molar-refractivity contribution in [1.82, 2.24) is 9.78 Å². The monoisotopic (exact) mass is 260 g/mol. The first kappa shape index (κ1) is 13.5. The summed E-state index contributed by atoms with van der Waals surface area (Å²) in [6.45, 7) is 7.37. The maximum absolute atomic E-state index is 9.54. The Kier molecular flexibility index (Phi) is 4.10. The van der Waals surface area contributed by atoms with Crippen molar-refractivity contribution in [1.29, 1.82) is 0 Å². The second kappa shape index (κ2) is 5.78. The van der Waals surface area contributed by atoms with Crippen LogP contribution in [0.5, 0.6) is 11.5 Å². The number of hydrogen-bond donors (Lipinski definition) is 1. The van der Waals surface area contributed by atoms with Gasteiger partial charge in [0.05, 0.1) is 11.4 Å². The van der Waals surface area contributed by atoms with Crippen molar-refractivity contribution in [2.24, 2.45) is 0 Å². The summed E-state index contributed by atoms with van der Waals surface area (Å²) in [7, 11) is 0. The summed E-state index contributed by atoms with van der Waals surface area (Å²) in [5.74, 6) is 0.910. The van der Waals surface area contributed by atoms with Crippen molar-refractivity contribution >= 4 is 0 Å². The van der Waals surface area contributed by atoms with Gasteiger partial charge in [-0.1, -0.05) is 6.92 Å². The highest BCUT2D eigenvalue weighted by Gasteiger charge is 2.07. The maximum atomic E-state index is 9.54. The van der Waals surface area contributed by atoms with Gasteiger partial charge in [-0.25, -0.2) is 0 Å². The molecule has 0 aliphatic rings. The molecule has 1 heterocycles. The van der Waals surface area contributed by atoms with Crippen molar-refractivity contribution in [3.05, 3.63) is 41.2 Å². The first-order valence-electron chi connectivity index (χ1n) is 6.61. The number of phenolic OH excluding ortho intramolecular Hbond substituents is 1. The summed E-state index contributed by atoms with van der Waals surface area (Å²) in [5.41, 5.74) is 3.11. The molecule has 2 rings (SSSR count). The third kappa shape index (κ3) is 3.28. The van der Waals surface area contributed by atoms with Crippen LogP contribution in [0.25, 0.3) is 0 Å². The van der Waals surface area contributed by atoms with E-state index in [4.69, 9.17) is 4.74 Å². The van der Waals surface area contributed by atoms with Crippen LogP contribution < -0.4 is 4.74 Å². The number of ether oxygens (including phenoxy) is 1. The zero-order chi connectivity index (χ0) is 13.8. The van der Waals surface area contributed by atoms with Crippen LogP contribution in [0, 0.1) is 6.92 Å². The van der Waals surface area contributed by atoms with Crippen molar-refractivity contribution in [3.63, 3.8) is 0 Å². The molecule has 0 unspecified atom stereocenters. The lowest BCUT2D eigenvalue weighted by molar-refractivity contribution is 0.290. The Bertz CT molecular complexity index is 541. The smallest absolute Gasteiger partial charge is 0.130 e. The molecule has 0 spiro atoms. The molecule has 102 valence electrons.